The molecule has 0 saturated carbocycles. The first-order chi connectivity index (χ1) is 16.5. The first-order valence-electron chi connectivity index (χ1n) is 15.6. The van der Waals surface area contributed by atoms with E-state index in [2.05, 4.69) is 85.1 Å². The summed E-state index contributed by atoms with van der Waals surface area (Å²) in [7, 11) is 0. The maximum atomic E-state index is 3.44. The predicted octanol–water partition coefficient (Wildman–Crippen LogP) is 11.0. The number of hydrogen-bond acceptors (Lipinski definition) is 2. The van der Waals surface area contributed by atoms with Gasteiger partial charge in [0.25, 0.3) is 0 Å². The van der Waals surface area contributed by atoms with Crippen LogP contribution in [0.3, 0.4) is 0 Å². The maximum Gasteiger partial charge on any atom is 0.0135 e. The molecule has 0 aliphatic heterocycles. The van der Waals surface area contributed by atoms with Gasteiger partial charge in [-0.2, -0.15) is 0 Å². The van der Waals surface area contributed by atoms with Crippen LogP contribution in [0.1, 0.15) is 166 Å². The molecule has 0 atom stereocenters. The van der Waals surface area contributed by atoms with Crippen molar-refractivity contribution in [3.8, 4) is 0 Å². The molecule has 2 N–H and O–H groups in total. The molecule has 0 radical (unpaired) electrons. The van der Waals surface area contributed by atoms with E-state index in [1.54, 1.807) is 0 Å². The van der Waals surface area contributed by atoms with Crippen molar-refractivity contribution in [1.29, 1.82) is 0 Å². The predicted molar refractivity (Wildman–Crippen MR) is 165 cm³/mol. The third kappa shape index (κ3) is 77.0. The van der Waals surface area contributed by atoms with Gasteiger partial charge in [0.1, 0.15) is 0 Å². The summed E-state index contributed by atoms with van der Waals surface area (Å²) in [5.74, 6) is 0.884. The average molecular weight is 487 g/mol. The van der Waals surface area contributed by atoms with Gasteiger partial charge in [0.05, 0.1) is 0 Å². The Kier molecular flexibility index (Phi) is 69.2. The van der Waals surface area contributed by atoms with E-state index in [9.17, 15) is 0 Å². The van der Waals surface area contributed by atoms with Crippen LogP contribution in [0.5, 0.6) is 0 Å². The van der Waals surface area contributed by atoms with E-state index >= 15 is 0 Å². The third-order valence-electron chi connectivity index (χ3n) is 4.88. The van der Waals surface area contributed by atoms with E-state index in [1.165, 1.54) is 89.9 Å². The number of hydrogen-bond donors (Lipinski definition) is 2. The van der Waals surface area contributed by atoms with Crippen LogP contribution in [0.2, 0.25) is 0 Å². The molecule has 0 bridgehead atoms. The van der Waals surface area contributed by atoms with Crippen molar-refractivity contribution in [1.82, 2.24) is 10.6 Å². The SMILES string of the molecule is CC.CCC.CCC(C)C.CCCCCCC.CCCCCCNC/C=C\CNCCCCC. The van der Waals surface area contributed by atoms with Crippen molar-refractivity contribution in [2.45, 2.75) is 166 Å². The highest BCUT2D eigenvalue weighted by molar-refractivity contribution is 4.85. The summed E-state index contributed by atoms with van der Waals surface area (Å²) in [6.45, 7) is 28.2. The lowest BCUT2D eigenvalue weighted by molar-refractivity contribution is 0.619. The fraction of sp³-hybridized carbons (Fsp3) is 0.938. The van der Waals surface area contributed by atoms with Gasteiger partial charge in [0.2, 0.25) is 0 Å². The van der Waals surface area contributed by atoms with Gasteiger partial charge < -0.3 is 10.6 Å². The van der Waals surface area contributed by atoms with Crippen LogP contribution >= 0.6 is 0 Å². The fourth-order valence-electron chi connectivity index (χ4n) is 2.39. The zero-order valence-corrected chi connectivity index (χ0v) is 26.5. The second-order valence-electron chi connectivity index (χ2n) is 9.22. The number of rotatable bonds is 18. The summed E-state index contributed by atoms with van der Waals surface area (Å²) in [6.07, 6.45) is 23.4. The second kappa shape index (κ2) is 53.8. The lowest BCUT2D eigenvalue weighted by Crippen LogP contribution is -2.17. The quantitative estimate of drug-likeness (QED) is 0.149. The van der Waals surface area contributed by atoms with Gasteiger partial charge in [0, 0.05) is 13.1 Å². The molecule has 0 saturated heterocycles. The van der Waals surface area contributed by atoms with E-state index in [0.717, 1.165) is 32.1 Å². The van der Waals surface area contributed by atoms with E-state index in [-0.39, 0.29) is 0 Å². The molecule has 212 valence electrons. The first-order valence-corrected chi connectivity index (χ1v) is 15.6. The fourth-order valence-corrected chi connectivity index (χ4v) is 2.39. The number of unbranched alkanes of at least 4 members (excludes halogenated alkanes) is 9. The Morgan fingerprint density at radius 2 is 0.765 bits per heavy atom. The summed E-state index contributed by atoms with van der Waals surface area (Å²) in [5.41, 5.74) is 0. The summed E-state index contributed by atoms with van der Waals surface area (Å²) < 4.78 is 0. The van der Waals surface area contributed by atoms with Crippen LogP contribution < -0.4 is 10.6 Å². The molecule has 0 amide bonds. The summed E-state index contributed by atoms with van der Waals surface area (Å²) in [4.78, 5) is 0. The molecular formula is C32H74N2. The summed E-state index contributed by atoms with van der Waals surface area (Å²) in [5, 5.41) is 6.87. The number of nitrogens with one attached hydrogen (secondary N) is 2. The van der Waals surface area contributed by atoms with Crippen LogP contribution in [0.4, 0.5) is 0 Å². The van der Waals surface area contributed by atoms with E-state index in [0.29, 0.717) is 0 Å². The summed E-state index contributed by atoms with van der Waals surface area (Å²) >= 11 is 0. The molecule has 0 aliphatic rings. The van der Waals surface area contributed by atoms with Crippen molar-refractivity contribution in [3.05, 3.63) is 12.2 Å². The molecule has 0 fully saturated rings. The van der Waals surface area contributed by atoms with Crippen molar-refractivity contribution in [2.75, 3.05) is 26.2 Å². The van der Waals surface area contributed by atoms with Crippen LogP contribution in [0.25, 0.3) is 0 Å². The van der Waals surface area contributed by atoms with E-state index in [4.69, 9.17) is 0 Å². The minimum absolute atomic E-state index is 0.884. The van der Waals surface area contributed by atoms with Gasteiger partial charge >= 0.3 is 0 Å². The summed E-state index contributed by atoms with van der Waals surface area (Å²) in [6, 6.07) is 0. The lowest BCUT2D eigenvalue weighted by atomic mass is 10.2. The van der Waals surface area contributed by atoms with E-state index in [1.807, 2.05) is 13.8 Å². The van der Waals surface area contributed by atoms with Crippen LogP contribution in [-0.2, 0) is 0 Å². The molecule has 0 aromatic heterocycles. The van der Waals surface area contributed by atoms with Crippen molar-refractivity contribution in [3.63, 3.8) is 0 Å². The molecule has 0 heterocycles. The normalized spacial score (nSPS) is 9.76. The lowest BCUT2D eigenvalue weighted by Gasteiger charge is -2.01. The smallest absolute Gasteiger partial charge is 0.0135 e. The molecular weight excluding hydrogens is 412 g/mol. The minimum Gasteiger partial charge on any atom is -0.313 e. The highest BCUT2D eigenvalue weighted by Gasteiger charge is 1.87. The maximum absolute atomic E-state index is 3.44. The molecule has 0 aromatic carbocycles. The molecule has 0 aliphatic carbocycles. The van der Waals surface area contributed by atoms with Crippen LogP contribution in [0.15, 0.2) is 12.2 Å². The highest BCUT2D eigenvalue weighted by atomic mass is 14.8. The molecule has 2 nitrogen and oxygen atoms in total. The van der Waals surface area contributed by atoms with Crippen LogP contribution in [0, 0.1) is 5.92 Å². The molecule has 0 spiro atoms. The van der Waals surface area contributed by atoms with Gasteiger partial charge in [-0.25, -0.2) is 0 Å². The zero-order valence-electron chi connectivity index (χ0n) is 26.5. The third-order valence-corrected chi connectivity index (χ3v) is 4.88. The average Bonchev–Trinajstić information content (AvgIpc) is 2.85. The monoisotopic (exact) mass is 487 g/mol. The second-order valence-corrected chi connectivity index (χ2v) is 9.22. The molecule has 2 heteroatoms. The van der Waals surface area contributed by atoms with Crippen molar-refractivity contribution >= 4 is 0 Å². The molecule has 0 aromatic rings. The van der Waals surface area contributed by atoms with Gasteiger partial charge in [0.15, 0.2) is 0 Å². The minimum atomic E-state index is 0.884. The van der Waals surface area contributed by atoms with Gasteiger partial charge in [-0.1, -0.05) is 165 Å². The van der Waals surface area contributed by atoms with E-state index < -0.39 is 0 Å². The highest BCUT2D eigenvalue weighted by Crippen LogP contribution is 2.00. The van der Waals surface area contributed by atoms with Crippen molar-refractivity contribution < 1.29 is 0 Å². The Balaban J connectivity index is -0.000000135. The largest absolute Gasteiger partial charge is 0.313 e. The van der Waals surface area contributed by atoms with Crippen LogP contribution in [-0.4, -0.2) is 26.2 Å². The Morgan fingerprint density at radius 3 is 1.06 bits per heavy atom. The topological polar surface area (TPSA) is 24.1 Å². The standard InChI is InChI=1S/C15H32N2.C7H16.C5H12.C3H8.C2H6/c1-3-5-7-9-13-17-15-11-10-14-16-12-8-6-4-2;1-3-5-7-6-4-2;1-4-5(2)3;1-3-2;1-2/h10-11,16-17H,3-9,12-15H2,1-2H3;3-7H2,1-2H3;5H,4H2,1-3H3;3H2,1-2H3;1-2H3/b11-10-;;;;. The van der Waals surface area contributed by atoms with Crippen molar-refractivity contribution in [2.24, 2.45) is 5.92 Å². The van der Waals surface area contributed by atoms with Gasteiger partial charge in [-0.3, -0.25) is 0 Å². The molecule has 34 heavy (non-hydrogen) atoms. The molecule has 0 unspecified atom stereocenters. The van der Waals surface area contributed by atoms with Gasteiger partial charge in [-0.15, -0.1) is 0 Å². The van der Waals surface area contributed by atoms with Gasteiger partial charge in [-0.05, 0) is 31.8 Å². The Bertz CT molecular complexity index is 270. The Labute approximate surface area is 220 Å². The molecule has 0 rings (SSSR count). The first kappa shape index (κ1) is 43.7. The zero-order chi connectivity index (χ0) is 27.1. The Hall–Kier alpha value is -0.340. The Morgan fingerprint density at radius 1 is 0.500 bits per heavy atom.